The zero-order valence-electron chi connectivity index (χ0n) is 11.3. The minimum Gasteiger partial charge on any atom is -0.461 e. The monoisotopic (exact) mass is 293 g/mol. The number of rotatable bonds is 5. The Kier molecular flexibility index (Phi) is 4.47. The number of carbonyl (C=O) groups is 2. The third-order valence-electron chi connectivity index (χ3n) is 2.87. The summed E-state index contributed by atoms with van der Waals surface area (Å²) in [6.45, 7) is 1.89. The molecule has 0 radical (unpaired) electrons. The van der Waals surface area contributed by atoms with Crippen molar-refractivity contribution in [3.8, 4) is 0 Å². The normalized spacial score (nSPS) is 10.4. The molecule has 0 fully saturated rings. The summed E-state index contributed by atoms with van der Waals surface area (Å²) in [7, 11) is 0. The highest BCUT2D eigenvalue weighted by atomic mass is 19.1. The number of hydrogen-bond acceptors (Lipinski definition) is 3. The molecule has 4 nitrogen and oxygen atoms in total. The molecule has 2 rings (SSSR count). The topological polar surface area (TPSA) is 59.2 Å². The molecule has 1 heterocycles. The van der Waals surface area contributed by atoms with Gasteiger partial charge in [0.2, 0.25) is 0 Å². The fraction of sp³-hybridized carbons (Fsp3) is 0.200. The lowest BCUT2D eigenvalue weighted by Gasteiger charge is -2.01. The van der Waals surface area contributed by atoms with Crippen LogP contribution in [-0.2, 0) is 11.2 Å². The van der Waals surface area contributed by atoms with Gasteiger partial charge in [-0.1, -0.05) is 6.07 Å². The highest BCUT2D eigenvalue weighted by molar-refractivity contribution is 6.00. The number of ether oxygens (including phenoxy) is 1. The van der Waals surface area contributed by atoms with Crippen LogP contribution in [0.3, 0.4) is 0 Å². The first-order valence-electron chi connectivity index (χ1n) is 6.34. The van der Waals surface area contributed by atoms with Crippen LogP contribution in [-0.4, -0.2) is 23.3 Å². The van der Waals surface area contributed by atoms with Crippen LogP contribution in [0.15, 0.2) is 30.5 Å². The number of nitrogens with one attached hydrogen (secondary N) is 1. The molecule has 1 N–H and O–H groups in total. The molecule has 0 saturated heterocycles. The molecule has 0 amide bonds. The summed E-state index contributed by atoms with van der Waals surface area (Å²) in [6, 6.07) is 4.39. The molecule has 0 saturated carbocycles. The number of halogens is 2. The van der Waals surface area contributed by atoms with Crippen molar-refractivity contribution in [2.75, 3.05) is 6.61 Å². The first kappa shape index (κ1) is 14.9. The maximum atomic E-state index is 13.5. The van der Waals surface area contributed by atoms with Gasteiger partial charge in [-0.3, -0.25) is 4.79 Å². The van der Waals surface area contributed by atoms with Gasteiger partial charge < -0.3 is 9.72 Å². The second-order valence-electron chi connectivity index (χ2n) is 4.36. The summed E-state index contributed by atoms with van der Waals surface area (Å²) in [5.41, 5.74) is 0.488. The van der Waals surface area contributed by atoms with E-state index in [1.54, 1.807) is 6.92 Å². The summed E-state index contributed by atoms with van der Waals surface area (Å²) in [5, 5.41) is 0. The van der Waals surface area contributed by atoms with Gasteiger partial charge in [0.05, 0.1) is 6.61 Å². The van der Waals surface area contributed by atoms with E-state index in [2.05, 4.69) is 4.98 Å². The van der Waals surface area contributed by atoms with Gasteiger partial charge >= 0.3 is 5.97 Å². The second-order valence-corrected chi connectivity index (χ2v) is 4.36. The Morgan fingerprint density at radius 3 is 2.67 bits per heavy atom. The van der Waals surface area contributed by atoms with Gasteiger partial charge in [0.1, 0.15) is 17.3 Å². The molecule has 110 valence electrons. The number of esters is 1. The molecule has 21 heavy (non-hydrogen) atoms. The van der Waals surface area contributed by atoms with E-state index in [9.17, 15) is 18.4 Å². The fourth-order valence-corrected chi connectivity index (χ4v) is 1.82. The number of aromatic nitrogens is 1. The summed E-state index contributed by atoms with van der Waals surface area (Å²) in [4.78, 5) is 26.1. The SMILES string of the molecule is CCOC(=O)c1cc(C(=O)Cc2ccc(F)cc2F)c[nH]1. The van der Waals surface area contributed by atoms with Gasteiger partial charge in [0.25, 0.3) is 0 Å². The number of Topliss-reactive ketones (excluding diaryl/α,β-unsaturated/α-hetero) is 1. The zero-order valence-corrected chi connectivity index (χ0v) is 11.3. The lowest BCUT2D eigenvalue weighted by Crippen LogP contribution is -2.06. The summed E-state index contributed by atoms with van der Waals surface area (Å²) >= 11 is 0. The quantitative estimate of drug-likeness (QED) is 0.681. The van der Waals surface area contributed by atoms with Gasteiger partial charge in [-0.15, -0.1) is 0 Å². The van der Waals surface area contributed by atoms with Crippen LogP contribution < -0.4 is 0 Å². The van der Waals surface area contributed by atoms with E-state index < -0.39 is 17.6 Å². The highest BCUT2D eigenvalue weighted by Gasteiger charge is 2.15. The van der Waals surface area contributed by atoms with Crippen LogP contribution in [0.25, 0.3) is 0 Å². The van der Waals surface area contributed by atoms with Crippen LogP contribution in [0.1, 0.15) is 33.3 Å². The molecule has 0 unspecified atom stereocenters. The van der Waals surface area contributed by atoms with Crippen molar-refractivity contribution < 1.29 is 23.1 Å². The first-order chi connectivity index (χ1) is 10.0. The minimum atomic E-state index is -0.774. The van der Waals surface area contributed by atoms with Crippen LogP contribution in [0, 0.1) is 11.6 Å². The molecule has 0 aliphatic carbocycles. The van der Waals surface area contributed by atoms with Gasteiger partial charge in [-0.25, -0.2) is 13.6 Å². The van der Waals surface area contributed by atoms with Crippen molar-refractivity contribution in [2.45, 2.75) is 13.3 Å². The van der Waals surface area contributed by atoms with E-state index in [0.29, 0.717) is 0 Å². The molecular weight excluding hydrogens is 280 g/mol. The number of ketones is 1. The molecule has 0 spiro atoms. The third-order valence-corrected chi connectivity index (χ3v) is 2.87. The van der Waals surface area contributed by atoms with E-state index in [-0.39, 0.29) is 35.6 Å². The highest BCUT2D eigenvalue weighted by Crippen LogP contribution is 2.14. The Labute approximate surface area is 119 Å². The predicted molar refractivity (Wildman–Crippen MR) is 71.1 cm³/mol. The number of aromatic amines is 1. The van der Waals surface area contributed by atoms with Crippen molar-refractivity contribution in [1.82, 2.24) is 4.98 Å². The maximum absolute atomic E-state index is 13.5. The molecule has 0 aliphatic rings. The molecule has 1 aromatic carbocycles. The average Bonchev–Trinajstić information content (AvgIpc) is 2.92. The van der Waals surface area contributed by atoms with Gasteiger partial charge in [0, 0.05) is 24.2 Å². The molecule has 6 heteroatoms. The van der Waals surface area contributed by atoms with Gasteiger partial charge in [-0.05, 0) is 24.6 Å². The minimum absolute atomic E-state index is 0.0975. The van der Waals surface area contributed by atoms with Crippen molar-refractivity contribution >= 4 is 11.8 Å². The summed E-state index contributed by atoms with van der Waals surface area (Å²) < 4.78 is 31.1. The second kappa shape index (κ2) is 6.30. The number of carbonyl (C=O) groups excluding carboxylic acids is 2. The largest absolute Gasteiger partial charge is 0.461 e. The number of hydrogen-bond donors (Lipinski definition) is 1. The summed E-state index contributed by atoms with van der Waals surface area (Å²) in [6.07, 6.45) is 1.14. The fourth-order valence-electron chi connectivity index (χ4n) is 1.82. The molecule has 0 atom stereocenters. The Morgan fingerprint density at radius 2 is 2.00 bits per heavy atom. The zero-order chi connectivity index (χ0) is 15.4. The van der Waals surface area contributed by atoms with Crippen LogP contribution in [0.5, 0.6) is 0 Å². The first-order valence-corrected chi connectivity index (χ1v) is 6.34. The Hall–Kier alpha value is -2.50. The Balaban J connectivity index is 2.12. The van der Waals surface area contributed by atoms with E-state index in [4.69, 9.17) is 4.74 Å². The molecular formula is C15H13F2NO3. The smallest absolute Gasteiger partial charge is 0.354 e. The molecule has 1 aromatic heterocycles. The van der Waals surface area contributed by atoms with E-state index in [1.807, 2.05) is 0 Å². The number of benzene rings is 1. The van der Waals surface area contributed by atoms with Gasteiger partial charge in [-0.2, -0.15) is 0 Å². The van der Waals surface area contributed by atoms with E-state index in [0.717, 1.165) is 12.1 Å². The average molecular weight is 293 g/mol. The lowest BCUT2D eigenvalue weighted by molar-refractivity contribution is 0.0520. The Morgan fingerprint density at radius 1 is 1.24 bits per heavy atom. The molecule has 2 aromatic rings. The molecule has 0 bridgehead atoms. The lowest BCUT2D eigenvalue weighted by atomic mass is 10.0. The Bertz CT molecular complexity index is 679. The van der Waals surface area contributed by atoms with Crippen molar-refractivity contribution in [3.05, 3.63) is 58.9 Å². The van der Waals surface area contributed by atoms with Crippen LogP contribution >= 0.6 is 0 Å². The van der Waals surface area contributed by atoms with E-state index >= 15 is 0 Å². The maximum Gasteiger partial charge on any atom is 0.354 e. The standard InChI is InChI=1S/C15H13F2NO3/c1-2-21-15(20)13-5-10(8-18-13)14(19)6-9-3-4-11(16)7-12(9)17/h3-5,7-8,18H,2,6H2,1H3. The predicted octanol–water partition coefficient (Wildman–Crippen LogP) is 2.90. The molecule has 0 aliphatic heterocycles. The van der Waals surface area contributed by atoms with Crippen molar-refractivity contribution in [1.29, 1.82) is 0 Å². The van der Waals surface area contributed by atoms with Crippen molar-refractivity contribution in [3.63, 3.8) is 0 Å². The van der Waals surface area contributed by atoms with Gasteiger partial charge in [0.15, 0.2) is 5.78 Å². The van der Waals surface area contributed by atoms with Crippen LogP contribution in [0.2, 0.25) is 0 Å². The number of H-pyrrole nitrogens is 1. The summed E-state index contributed by atoms with van der Waals surface area (Å²) in [5.74, 6) is -2.42. The van der Waals surface area contributed by atoms with E-state index in [1.165, 1.54) is 18.3 Å². The van der Waals surface area contributed by atoms with Crippen molar-refractivity contribution in [2.24, 2.45) is 0 Å². The van der Waals surface area contributed by atoms with Crippen LogP contribution in [0.4, 0.5) is 8.78 Å². The third kappa shape index (κ3) is 3.53.